The molecule has 1 saturated heterocycles. The average Bonchev–Trinajstić information content (AvgIpc) is 2.66. The van der Waals surface area contributed by atoms with Crippen LogP contribution in [-0.2, 0) is 16.0 Å². The molecular weight excluding hydrogens is 336 g/mol. The van der Waals surface area contributed by atoms with Gasteiger partial charge in [-0.1, -0.05) is 42.0 Å². The van der Waals surface area contributed by atoms with Crippen molar-refractivity contribution >= 4 is 17.5 Å². The van der Waals surface area contributed by atoms with Crippen molar-refractivity contribution in [3.8, 4) is 0 Å². The summed E-state index contributed by atoms with van der Waals surface area (Å²) in [6, 6.07) is 14.0. The lowest BCUT2D eigenvalue weighted by molar-refractivity contribution is -0.133. The van der Waals surface area contributed by atoms with Gasteiger partial charge in [0.25, 0.3) is 0 Å². The van der Waals surface area contributed by atoms with E-state index in [1.165, 1.54) is 5.56 Å². The van der Waals surface area contributed by atoms with Crippen LogP contribution in [0.1, 0.15) is 35.1 Å². The number of nitrogens with zero attached hydrogens (tertiary/aromatic N) is 1. The summed E-state index contributed by atoms with van der Waals surface area (Å²) in [5, 5.41) is 3.06. The van der Waals surface area contributed by atoms with E-state index in [0.717, 1.165) is 35.2 Å². The molecule has 27 heavy (non-hydrogen) atoms. The molecule has 0 spiro atoms. The van der Waals surface area contributed by atoms with Crippen molar-refractivity contribution in [3.05, 3.63) is 64.7 Å². The van der Waals surface area contributed by atoms with Crippen LogP contribution in [-0.4, -0.2) is 29.8 Å². The number of hydrogen-bond acceptors (Lipinski definition) is 2. The highest BCUT2D eigenvalue weighted by molar-refractivity contribution is 5.93. The highest BCUT2D eigenvalue weighted by atomic mass is 16.2. The maximum Gasteiger partial charge on any atom is 0.227 e. The van der Waals surface area contributed by atoms with Gasteiger partial charge in [0.15, 0.2) is 0 Å². The number of benzene rings is 2. The first-order valence-electron chi connectivity index (χ1n) is 9.64. The van der Waals surface area contributed by atoms with Gasteiger partial charge >= 0.3 is 0 Å². The van der Waals surface area contributed by atoms with Crippen molar-refractivity contribution in [3.63, 3.8) is 0 Å². The third kappa shape index (κ3) is 4.76. The van der Waals surface area contributed by atoms with E-state index in [2.05, 4.69) is 11.4 Å². The number of likely N-dealkylation sites (tertiary alicyclic amines) is 1. The molecule has 4 nitrogen and oxygen atoms in total. The van der Waals surface area contributed by atoms with Crippen LogP contribution in [0.3, 0.4) is 0 Å². The number of hydrogen-bond donors (Lipinski definition) is 1. The second-order valence-corrected chi connectivity index (χ2v) is 7.57. The van der Waals surface area contributed by atoms with Gasteiger partial charge in [0, 0.05) is 24.7 Å². The topological polar surface area (TPSA) is 49.4 Å². The monoisotopic (exact) mass is 364 g/mol. The van der Waals surface area contributed by atoms with Crippen LogP contribution in [0.2, 0.25) is 0 Å². The van der Waals surface area contributed by atoms with E-state index in [1.54, 1.807) is 0 Å². The van der Waals surface area contributed by atoms with Crippen LogP contribution in [0.5, 0.6) is 0 Å². The quantitative estimate of drug-likeness (QED) is 0.890. The Morgan fingerprint density at radius 2 is 1.70 bits per heavy atom. The molecule has 1 aliphatic rings. The molecule has 3 rings (SSSR count). The lowest BCUT2D eigenvalue weighted by atomic mass is 9.95. The summed E-state index contributed by atoms with van der Waals surface area (Å²) in [6.07, 6.45) is 1.87. The van der Waals surface area contributed by atoms with E-state index in [4.69, 9.17) is 0 Å². The van der Waals surface area contributed by atoms with Gasteiger partial charge in [-0.2, -0.15) is 0 Å². The minimum atomic E-state index is -0.0341. The molecule has 1 aliphatic heterocycles. The van der Waals surface area contributed by atoms with Crippen LogP contribution < -0.4 is 5.32 Å². The van der Waals surface area contributed by atoms with Crippen molar-refractivity contribution < 1.29 is 9.59 Å². The van der Waals surface area contributed by atoms with E-state index in [-0.39, 0.29) is 17.7 Å². The lowest BCUT2D eigenvalue weighted by Crippen LogP contribution is -2.42. The highest BCUT2D eigenvalue weighted by Crippen LogP contribution is 2.22. The molecule has 0 aromatic heterocycles. The van der Waals surface area contributed by atoms with E-state index in [9.17, 15) is 9.59 Å². The number of piperidine rings is 1. The Kier molecular flexibility index (Phi) is 5.94. The van der Waals surface area contributed by atoms with Crippen LogP contribution in [0.15, 0.2) is 42.5 Å². The van der Waals surface area contributed by atoms with Gasteiger partial charge in [-0.25, -0.2) is 0 Å². The number of anilines is 1. The number of nitrogens with one attached hydrogen (secondary N) is 1. The first-order valence-corrected chi connectivity index (χ1v) is 9.64. The predicted octanol–water partition coefficient (Wildman–Crippen LogP) is 4.03. The first kappa shape index (κ1) is 19.2. The van der Waals surface area contributed by atoms with Crippen molar-refractivity contribution in [2.75, 3.05) is 18.4 Å². The van der Waals surface area contributed by atoms with Gasteiger partial charge in [-0.05, 0) is 56.4 Å². The van der Waals surface area contributed by atoms with Crippen molar-refractivity contribution in [2.24, 2.45) is 5.92 Å². The summed E-state index contributed by atoms with van der Waals surface area (Å²) >= 11 is 0. The van der Waals surface area contributed by atoms with Gasteiger partial charge in [0.1, 0.15) is 0 Å². The summed E-state index contributed by atoms with van der Waals surface area (Å²) in [6.45, 7) is 7.38. The van der Waals surface area contributed by atoms with Gasteiger partial charge < -0.3 is 10.2 Å². The summed E-state index contributed by atoms with van der Waals surface area (Å²) in [5.74, 6) is 0.179. The fourth-order valence-corrected chi connectivity index (χ4v) is 3.66. The molecule has 0 unspecified atom stereocenters. The normalized spacial score (nSPS) is 14.9. The van der Waals surface area contributed by atoms with E-state index in [1.807, 2.05) is 62.1 Å². The SMILES string of the molecule is Cc1ccc(NC(=O)C2CCN(C(=O)Cc3ccccc3C)CC2)c(C)c1. The zero-order valence-corrected chi connectivity index (χ0v) is 16.4. The van der Waals surface area contributed by atoms with E-state index in [0.29, 0.717) is 19.5 Å². The Morgan fingerprint density at radius 1 is 1.00 bits per heavy atom. The fourth-order valence-electron chi connectivity index (χ4n) is 3.66. The summed E-state index contributed by atoms with van der Waals surface area (Å²) < 4.78 is 0. The van der Waals surface area contributed by atoms with Gasteiger partial charge in [-0.15, -0.1) is 0 Å². The van der Waals surface area contributed by atoms with Gasteiger partial charge in [0.2, 0.25) is 11.8 Å². The molecule has 2 amide bonds. The average molecular weight is 364 g/mol. The maximum atomic E-state index is 12.6. The Hall–Kier alpha value is -2.62. The molecule has 0 radical (unpaired) electrons. The molecule has 1 N–H and O–H groups in total. The molecule has 0 atom stereocenters. The Morgan fingerprint density at radius 3 is 2.37 bits per heavy atom. The largest absolute Gasteiger partial charge is 0.342 e. The third-order valence-electron chi connectivity index (χ3n) is 5.46. The number of aryl methyl sites for hydroxylation is 3. The molecule has 0 bridgehead atoms. The summed E-state index contributed by atoms with van der Waals surface area (Å²) in [7, 11) is 0. The summed E-state index contributed by atoms with van der Waals surface area (Å²) in [5.41, 5.74) is 5.37. The smallest absolute Gasteiger partial charge is 0.227 e. The van der Waals surface area contributed by atoms with Gasteiger partial charge in [0.05, 0.1) is 6.42 Å². The summed E-state index contributed by atoms with van der Waals surface area (Å²) in [4.78, 5) is 27.1. The van der Waals surface area contributed by atoms with Crippen LogP contribution in [0.4, 0.5) is 5.69 Å². The van der Waals surface area contributed by atoms with Crippen molar-refractivity contribution in [2.45, 2.75) is 40.0 Å². The standard InChI is InChI=1S/C23H28N2O2/c1-16-8-9-21(18(3)14-16)24-23(27)19-10-12-25(13-11-19)22(26)15-20-7-5-4-6-17(20)2/h4-9,14,19H,10-13,15H2,1-3H3,(H,24,27). The number of carbonyl (C=O) groups excluding carboxylic acids is 2. The highest BCUT2D eigenvalue weighted by Gasteiger charge is 2.27. The molecule has 0 aliphatic carbocycles. The number of carbonyl (C=O) groups is 2. The second-order valence-electron chi connectivity index (χ2n) is 7.57. The van der Waals surface area contributed by atoms with Gasteiger partial charge in [-0.3, -0.25) is 9.59 Å². The molecular formula is C23H28N2O2. The third-order valence-corrected chi connectivity index (χ3v) is 5.46. The lowest BCUT2D eigenvalue weighted by Gasteiger charge is -2.31. The Balaban J connectivity index is 1.53. The Bertz CT molecular complexity index is 836. The minimum Gasteiger partial charge on any atom is -0.342 e. The first-order chi connectivity index (χ1) is 12.9. The zero-order valence-electron chi connectivity index (χ0n) is 16.4. The fraction of sp³-hybridized carbons (Fsp3) is 0.391. The minimum absolute atomic E-state index is 0.0341. The predicted molar refractivity (Wildman–Crippen MR) is 109 cm³/mol. The molecule has 2 aromatic carbocycles. The molecule has 1 heterocycles. The van der Waals surface area contributed by atoms with E-state index >= 15 is 0 Å². The molecule has 4 heteroatoms. The van der Waals surface area contributed by atoms with E-state index < -0.39 is 0 Å². The van der Waals surface area contributed by atoms with Crippen LogP contribution in [0.25, 0.3) is 0 Å². The van der Waals surface area contributed by atoms with Crippen LogP contribution in [0, 0.1) is 26.7 Å². The molecule has 2 aromatic rings. The number of rotatable bonds is 4. The number of amides is 2. The second kappa shape index (κ2) is 8.38. The molecule has 142 valence electrons. The Labute approximate surface area is 161 Å². The zero-order chi connectivity index (χ0) is 19.4. The molecule has 1 fully saturated rings. The van der Waals surface area contributed by atoms with Crippen LogP contribution >= 0.6 is 0 Å². The van der Waals surface area contributed by atoms with Crippen molar-refractivity contribution in [1.29, 1.82) is 0 Å². The van der Waals surface area contributed by atoms with Crippen molar-refractivity contribution in [1.82, 2.24) is 4.90 Å². The molecule has 0 saturated carbocycles. The maximum absolute atomic E-state index is 12.6.